The number of pyridine rings is 2. The average molecular weight is 537 g/mol. The van der Waals surface area contributed by atoms with E-state index >= 15 is 4.39 Å². The van der Waals surface area contributed by atoms with Gasteiger partial charge in [-0.05, 0) is 56.6 Å². The van der Waals surface area contributed by atoms with Crippen LogP contribution in [0.4, 0.5) is 20.3 Å². The van der Waals surface area contributed by atoms with Gasteiger partial charge in [0.25, 0.3) is 0 Å². The number of anilines is 2. The molecule has 3 aromatic rings. The lowest BCUT2D eigenvalue weighted by atomic mass is 10.0. The maximum absolute atomic E-state index is 15.8. The number of aliphatic imine (C=N–C) groups is 1. The van der Waals surface area contributed by atoms with Crippen molar-refractivity contribution in [2.75, 3.05) is 38.6 Å². The van der Waals surface area contributed by atoms with Gasteiger partial charge in [0.05, 0.1) is 22.5 Å². The highest BCUT2D eigenvalue weighted by atomic mass is 19.1. The molecule has 1 aromatic carbocycles. The highest BCUT2D eigenvalue weighted by Gasteiger charge is 2.32. The number of phenolic OH excluding ortho intramolecular Hbond substituents is 1. The predicted molar refractivity (Wildman–Crippen MR) is 149 cm³/mol. The van der Waals surface area contributed by atoms with Gasteiger partial charge in [-0.2, -0.15) is 0 Å². The van der Waals surface area contributed by atoms with E-state index in [0.717, 1.165) is 24.7 Å². The fourth-order valence-electron chi connectivity index (χ4n) is 5.12. The topological polar surface area (TPSA) is 85.2 Å². The van der Waals surface area contributed by atoms with Crippen LogP contribution in [0, 0.1) is 18.6 Å². The van der Waals surface area contributed by atoms with E-state index < -0.39 is 23.1 Å². The SMILES string of the molecule is C/N=C(\c1cc(F)c(-c2c(O)cccc2F)nc1N(C=O)c1c(C)ccnc1C(C)C)N1CCN(C)CC1C. The Morgan fingerprint density at radius 1 is 1.23 bits per heavy atom. The molecule has 1 fully saturated rings. The molecule has 10 heteroatoms. The molecule has 0 radical (unpaired) electrons. The number of hydrogen-bond acceptors (Lipinski definition) is 6. The Morgan fingerprint density at radius 3 is 2.59 bits per heavy atom. The number of phenols is 1. The van der Waals surface area contributed by atoms with Crippen molar-refractivity contribution in [3.05, 3.63) is 65.0 Å². The molecule has 0 saturated carbocycles. The number of aromatic nitrogens is 2. The first kappa shape index (κ1) is 28.1. The largest absolute Gasteiger partial charge is 0.507 e. The number of piperazine rings is 1. The number of aromatic hydroxyl groups is 1. The Labute approximate surface area is 227 Å². The van der Waals surface area contributed by atoms with Crippen LogP contribution in [-0.4, -0.2) is 76.9 Å². The van der Waals surface area contributed by atoms with Gasteiger partial charge in [0.1, 0.15) is 23.1 Å². The monoisotopic (exact) mass is 536 g/mol. The Kier molecular flexibility index (Phi) is 8.25. The van der Waals surface area contributed by atoms with Crippen LogP contribution < -0.4 is 4.90 Å². The molecule has 2 aromatic heterocycles. The maximum Gasteiger partial charge on any atom is 0.219 e. The van der Waals surface area contributed by atoms with E-state index in [1.54, 1.807) is 19.3 Å². The molecule has 4 rings (SSSR count). The minimum atomic E-state index is -0.852. The molecule has 206 valence electrons. The molecule has 1 N–H and O–H groups in total. The third kappa shape index (κ3) is 5.34. The van der Waals surface area contributed by atoms with Gasteiger partial charge in [-0.1, -0.05) is 19.9 Å². The number of aryl methyl sites for hydroxylation is 1. The average Bonchev–Trinajstić information content (AvgIpc) is 2.88. The molecule has 0 bridgehead atoms. The number of benzene rings is 1. The van der Waals surface area contributed by atoms with E-state index in [2.05, 4.69) is 31.7 Å². The quantitative estimate of drug-likeness (QED) is 0.275. The second-order valence-corrected chi connectivity index (χ2v) is 10.2. The number of carbonyl (C=O) groups is 1. The van der Waals surface area contributed by atoms with Crippen LogP contribution in [0.1, 0.15) is 43.5 Å². The van der Waals surface area contributed by atoms with Crippen LogP contribution in [0.5, 0.6) is 5.75 Å². The zero-order valence-electron chi connectivity index (χ0n) is 23.1. The summed E-state index contributed by atoms with van der Waals surface area (Å²) in [6.07, 6.45) is 2.27. The number of likely N-dealkylation sites (N-methyl/N-ethyl adjacent to an activating group) is 1. The van der Waals surface area contributed by atoms with Crippen LogP contribution in [0.2, 0.25) is 0 Å². The Bertz CT molecular complexity index is 1390. The molecule has 1 amide bonds. The summed E-state index contributed by atoms with van der Waals surface area (Å²) in [6.45, 7) is 9.99. The van der Waals surface area contributed by atoms with Crippen molar-refractivity contribution in [3.63, 3.8) is 0 Å². The van der Waals surface area contributed by atoms with Crippen LogP contribution in [-0.2, 0) is 4.79 Å². The summed E-state index contributed by atoms with van der Waals surface area (Å²) in [6, 6.07) is 6.75. The molecule has 8 nitrogen and oxygen atoms in total. The van der Waals surface area contributed by atoms with Gasteiger partial charge in [0.2, 0.25) is 6.41 Å². The lowest BCUT2D eigenvalue weighted by Gasteiger charge is -2.40. The molecule has 1 aliphatic heterocycles. The smallest absolute Gasteiger partial charge is 0.219 e. The third-order valence-electron chi connectivity index (χ3n) is 7.02. The molecule has 1 unspecified atom stereocenters. The fourth-order valence-corrected chi connectivity index (χ4v) is 5.12. The zero-order chi connectivity index (χ0) is 28.4. The Morgan fingerprint density at radius 2 is 1.97 bits per heavy atom. The van der Waals surface area contributed by atoms with Crippen LogP contribution in [0.25, 0.3) is 11.3 Å². The molecule has 0 spiro atoms. The highest BCUT2D eigenvalue weighted by Crippen LogP contribution is 2.39. The number of carbonyl (C=O) groups excluding carboxylic acids is 1. The normalized spacial score (nSPS) is 16.6. The summed E-state index contributed by atoms with van der Waals surface area (Å²) in [4.78, 5) is 32.0. The van der Waals surface area contributed by atoms with Gasteiger partial charge in [-0.3, -0.25) is 19.7 Å². The molecule has 1 saturated heterocycles. The molecule has 1 aliphatic rings. The molecular formula is C29H34F2N6O2. The van der Waals surface area contributed by atoms with E-state index in [0.29, 0.717) is 30.2 Å². The summed E-state index contributed by atoms with van der Waals surface area (Å²) in [5.74, 6) is -1.67. The van der Waals surface area contributed by atoms with Crippen molar-refractivity contribution in [3.8, 4) is 17.0 Å². The van der Waals surface area contributed by atoms with Gasteiger partial charge >= 0.3 is 0 Å². The van der Waals surface area contributed by atoms with E-state index in [1.165, 1.54) is 23.1 Å². The van der Waals surface area contributed by atoms with E-state index in [4.69, 9.17) is 0 Å². The number of amidine groups is 1. The molecular weight excluding hydrogens is 502 g/mol. The fraction of sp³-hybridized carbons (Fsp3) is 0.379. The molecule has 3 heterocycles. The second kappa shape index (κ2) is 11.4. The van der Waals surface area contributed by atoms with Gasteiger partial charge in [-0.15, -0.1) is 0 Å². The van der Waals surface area contributed by atoms with E-state index in [1.807, 2.05) is 27.8 Å². The summed E-state index contributed by atoms with van der Waals surface area (Å²) in [7, 11) is 3.64. The number of nitrogens with zero attached hydrogens (tertiary/aromatic N) is 6. The van der Waals surface area contributed by atoms with Crippen molar-refractivity contribution in [2.45, 2.75) is 39.7 Å². The first-order chi connectivity index (χ1) is 18.6. The summed E-state index contributed by atoms with van der Waals surface area (Å²) < 4.78 is 30.7. The van der Waals surface area contributed by atoms with Crippen molar-refractivity contribution in [1.29, 1.82) is 0 Å². The Balaban J connectivity index is 2.03. The van der Waals surface area contributed by atoms with Gasteiger partial charge in [0.15, 0.2) is 11.6 Å². The lowest BCUT2D eigenvalue weighted by Crippen LogP contribution is -2.53. The predicted octanol–water partition coefficient (Wildman–Crippen LogP) is 4.87. The maximum atomic E-state index is 15.8. The van der Waals surface area contributed by atoms with Gasteiger partial charge in [-0.25, -0.2) is 13.8 Å². The minimum Gasteiger partial charge on any atom is -0.507 e. The summed E-state index contributed by atoms with van der Waals surface area (Å²) >= 11 is 0. The van der Waals surface area contributed by atoms with Crippen molar-refractivity contribution in [2.24, 2.45) is 4.99 Å². The second-order valence-electron chi connectivity index (χ2n) is 10.2. The number of hydrogen-bond donors (Lipinski definition) is 1. The number of halogens is 2. The van der Waals surface area contributed by atoms with Gasteiger partial charge < -0.3 is 14.9 Å². The Hall–Kier alpha value is -3.92. The van der Waals surface area contributed by atoms with E-state index in [-0.39, 0.29) is 28.9 Å². The zero-order valence-corrected chi connectivity index (χ0v) is 23.1. The first-order valence-corrected chi connectivity index (χ1v) is 12.9. The number of amides is 1. The van der Waals surface area contributed by atoms with Crippen molar-refractivity contribution >= 4 is 23.8 Å². The third-order valence-corrected chi connectivity index (χ3v) is 7.02. The molecule has 39 heavy (non-hydrogen) atoms. The highest BCUT2D eigenvalue weighted by molar-refractivity contribution is 6.06. The summed E-state index contributed by atoms with van der Waals surface area (Å²) in [5.41, 5.74) is 1.40. The van der Waals surface area contributed by atoms with E-state index in [9.17, 15) is 14.3 Å². The first-order valence-electron chi connectivity index (χ1n) is 12.9. The molecule has 1 atom stereocenters. The minimum absolute atomic E-state index is 0.0432. The molecule has 0 aliphatic carbocycles. The summed E-state index contributed by atoms with van der Waals surface area (Å²) in [5, 5.41) is 10.4. The van der Waals surface area contributed by atoms with Crippen LogP contribution in [0.3, 0.4) is 0 Å². The number of rotatable bonds is 6. The van der Waals surface area contributed by atoms with Gasteiger partial charge in [0, 0.05) is 38.9 Å². The van der Waals surface area contributed by atoms with Crippen LogP contribution >= 0.6 is 0 Å². The lowest BCUT2D eigenvalue weighted by molar-refractivity contribution is -0.106. The van der Waals surface area contributed by atoms with Crippen LogP contribution in [0.15, 0.2) is 41.5 Å². The van der Waals surface area contributed by atoms with Crippen molar-refractivity contribution in [1.82, 2.24) is 19.8 Å². The van der Waals surface area contributed by atoms with Crippen molar-refractivity contribution < 1.29 is 18.7 Å². The standard InChI is InChI=1S/C29H34F2N6O2/c1-17(2)25-27(18(3)10-11-33-25)37(16-38)29-20(28(32-5)36-13-12-35(6)15-19(36)4)14-22(31)26(34-29)24-21(30)8-7-9-23(24)39/h7-11,14,16-17,19,39H,12-13,15H2,1-6H3/b32-28+.